The van der Waals surface area contributed by atoms with Crippen molar-refractivity contribution in [3.8, 4) is 5.75 Å². The number of benzene rings is 2. The fourth-order valence-corrected chi connectivity index (χ4v) is 5.92. The van der Waals surface area contributed by atoms with Crippen LogP contribution in [0.2, 0.25) is 0 Å². The lowest BCUT2D eigenvalue weighted by molar-refractivity contribution is -0.386. The Hall–Kier alpha value is -2.70. The maximum Gasteiger partial charge on any atom is 0.312 e. The number of sulfonamides is 2. The van der Waals surface area contributed by atoms with Crippen molar-refractivity contribution in [1.29, 1.82) is 0 Å². The number of hydrogen-bond acceptors (Lipinski definition) is 7. The molecule has 0 radical (unpaired) electrons. The summed E-state index contributed by atoms with van der Waals surface area (Å²) in [6.07, 6.45) is 3.61. The van der Waals surface area contributed by atoms with Crippen molar-refractivity contribution < 1.29 is 26.5 Å². The molecule has 3 rings (SSSR count). The van der Waals surface area contributed by atoms with Crippen molar-refractivity contribution in [3.63, 3.8) is 0 Å². The van der Waals surface area contributed by atoms with E-state index in [-0.39, 0.29) is 21.2 Å². The first-order chi connectivity index (χ1) is 14.6. The zero-order valence-corrected chi connectivity index (χ0v) is 18.5. The Labute approximate surface area is 181 Å². The van der Waals surface area contributed by atoms with Crippen LogP contribution in [0.15, 0.2) is 52.3 Å². The van der Waals surface area contributed by atoms with Gasteiger partial charge in [-0.15, -0.1) is 0 Å². The van der Waals surface area contributed by atoms with Crippen molar-refractivity contribution in [3.05, 3.63) is 52.6 Å². The molecule has 31 heavy (non-hydrogen) atoms. The monoisotopic (exact) mass is 469 g/mol. The molecular weight excluding hydrogens is 446 g/mol. The lowest BCUT2D eigenvalue weighted by Crippen LogP contribution is -2.31. The van der Waals surface area contributed by atoms with E-state index in [9.17, 15) is 26.9 Å². The Morgan fingerprint density at radius 2 is 1.52 bits per heavy atom. The molecule has 0 atom stereocenters. The number of methoxy groups -OCH3 is 1. The summed E-state index contributed by atoms with van der Waals surface area (Å²) < 4.78 is 59.6. The van der Waals surface area contributed by atoms with Crippen LogP contribution in [0.5, 0.6) is 5.75 Å². The molecule has 1 N–H and O–H groups in total. The maximum atomic E-state index is 12.8. The van der Waals surface area contributed by atoms with Crippen molar-refractivity contribution in [2.24, 2.45) is 0 Å². The smallest absolute Gasteiger partial charge is 0.312 e. The molecule has 0 saturated carbocycles. The summed E-state index contributed by atoms with van der Waals surface area (Å²) in [4.78, 5) is 10.2. The summed E-state index contributed by atoms with van der Waals surface area (Å²) in [5.41, 5.74) is -0.349. The van der Waals surface area contributed by atoms with Crippen molar-refractivity contribution in [2.45, 2.75) is 35.5 Å². The van der Waals surface area contributed by atoms with E-state index in [1.807, 2.05) is 0 Å². The van der Waals surface area contributed by atoms with Crippen LogP contribution in [-0.4, -0.2) is 46.3 Å². The molecule has 0 unspecified atom stereocenters. The second-order valence-corrected chi connectivity index (χ2v) is 10.7. The van der Waals surface area contributed by atoms with E-state index in [4.69, 9.17) is 4.74 Å². The Balaban J connectivity index is 1.82. The maximum absolute atomic E-state index is 12.8. The van der Waals surface area contributed by atoms with Gasteiger partial charge in [-0.1, -0.05) is 12.8 Å². The molecule has 2 aromatic carbocycles. The molecule has 12 heteroatoms. The van der Waals surface area contributed by atoms with Crippen LogP contribution in [0.25, 0.3) is 0 Å². The molecule has 0 aromatic heterocycles. The molecular formula is C19H23N3O7S2. The molecule has 0 aliphatic carbocycles. The minimum absolute atomic E-state index is 0.0629. The van der Waals surface area contributed by atoms with Crippen molar-refractivity contribution in [1.82, 2.24) is 4.31 Å². The fraction of sp³-hybridized carbons (Fsp3) is 0.368. The van der Waals surface area contributed by atoms with Gasteiger partial charge in [-0.25, -0.2) is 16.8 Å². The number of ether oxygens (including phenoxy) is 1. The SMILES string of the molecule is COc1ccc(S(=O)(=O)Nc2ccc(S(=O)(=O)N3CCCCCC3)cc2)cc1[N+](=O)[O-]. The number of nitrogens with zero attached hydrogens (tertiary/aromatic N) is 2. The van der Waals surface area contributed by atoms with Crippen LogP contribution >= 0.6 is 0 Å². The van der Waals surface area contributed by atoms with Gasteiger partial charge in [0, 0.05) is 24.8 Å². The minimum Gasteiger partial charge on any atom is -0.490 e. The Kier molecular flexibility index (Phi) is 6.82. The summed E-state index contributed by atoms with van der Waals surface area (Å²) in [7, 11) is -6.55. The highest BCUT2D eigenvalue weighted by molar-refractivity contribution is 7.92. The minimum atomic E-state index is -4.14. The molecule has 1 aliphatic heterocycles. The van der Waals surface area contributed by atoms with Gasteiger partial charge in [0.2, 0.25) is 10.0 Å². The van der Waals surface area contributed by atoms with Crippen LogP contribution < -0.4 is 9.46 Å². The van der Waals surface area contributed by atoms with Gasteiger partial charge < -0.3 is 4.74 Å². The van der Waals surface area contributed by atoms with E-state index in [1.165, 1.54) is 47.8 Å². The first-order valence-electron chi connectivity index (χ1n) is 9.60. The zero-order chi connectivity index (χ0) is 22.6. The average Bonchev–Trinajstić information content (AvgIpc) is 3.03. The Bertz CT molecular complexity index is 1160. The molecule has 0 spiro atoms. The highest BCUT2D eigenvalue weighted by Gasteiger charge is 2.26. The number of nitrogens with one attached hydrogen (secondary N) is 1. The Morgan fingerprint density at radius 1 is 0.935 bits per heavy atom. The van der Waals surface area contributed by atoms with Gasteiger partial charge in [0.1, 0.15) is 0 Å². The van der Waals surface area contributed by atoms with E-state index < -0.39 is 30.7 Å². The first-order valence-corrected chi connectivity index (χ1v) is 12.5. The third kappa shape index (κ3) is 5.14. The van der Waals surface area contributed by atoms with Gasteiger partial charge in [-0.2, -0.15) is 4.31 Å². The van der Waals surface area contributed by atoms with Crippen LogP contribution in [-0.2, 0) is 20.0 Å². The average molecular weight is 470 g/mol. The molecule has 0 amide bonds. The summed E-state index contributed by atoms with van der Waals surface area (Å²) in [5.74, 6) is -0.0629. The van der Waals surface area contributed by atoms with Gasteiger partial charge in [-0.3, -0.25) is 14.8 Å². The van der Waals surface area contributed by atoms with E-state index in [0.717, 1.165) is 31.7 Å². The van der Waals surface area contributed by atoms with Crippen LogP contribution in [0, 0.1) is 10.1 Å². The quantitative estimate of drug-likeness (QED) is 0.486. The second-order valence-electron chi connectivity index (χ2n) is 7.04. The van der Waals surface area contributed by atoms with Crippen molar-refractivity contribution >= 4 is 31.4 Å². The number of rotatable bonds is 7. The summed E-state index contributed by atoms with van der Waals surface area (Å²) in [5, 5.41) is 11.2. The second kappa shape index (κ2) is 9.20. The van der Waals surface area contributed by atoms with Crippen LogP contribution in [0.4, 0.5) is 11.4 Å². The normalized spacial score (nSPS) is 15.8. The fourth-order valence-electron chi connectivity index (χ4n) is 3.32. The van der Waals surface area contributed by atoms with Crippen molar-refractivity contribution in [2.75, 3.05) is 24.9 Å². The van der Waals surface area contributed by atoms with Gasteiger partial charge in [0.05, 0.1) is 21.8 Å². The number of nitro benzene ring substituents is 1. The lowest BCUT2D eigenvalue weighted by Gasteiger charge is -2.20. The third-order valence-corrected chi connectivity index (χ3v) is 8.26. The summed E-state index contributed by atoms with van der Waals surface area (Å²) in [6, 6.07) is 8.67. The van der Waals surface area contributed by atoms with E-state index in [2.05, 4.69) is 4.72 Å². The third-order valence-electron chi connectivity index (χ3n) is 4.97. The van der Waals surface area contributed by atoms with Gasteiger partial charge in [-0.05, 0) is 49.2 Å². The molecule has 1 saturated heterocycles. The molecule has 168 valence electrons. The molecule has 1 fully saturated rings. The highest BCUT2D eigenvalue weighted by atomic mass is 32.2. The standard InChI is InChI=1S/C19H23N3O7S2/c1-29-19-11-10-17(14-18(19)22(23)24)30(25,26)20-15-6-8-16(9-7-15)31(27,28)21-12-4-2-3-5-13-21/h6-11,14,20H,2-5,12-13H2,1H3. The van der Waals surface area contributed by atoms with Crippen LogP contribution in [0.1, 0.15) is 25.7 Å². The Morgan fingerprint density at radius 3 is 2.06 bits per heavy atom. The van der Waals surface area contributed by atoms with E-state index in [0.29, 0.717) is 13.1 Å². The van der Waals surface area contributed by atoms with E-state index in [1.54, 1.807) is 0 Å². The lowest BCUT2D eigenvalue weighted by atomic mass is 10.2. The van der Waals surface area contributed by atoms with Gasteiger partial charge >= 0.3 is 5.69 Å². The molecule has 1 aliphatic rings. The number of anilines is 1. The first kappa shape index (κ1) is 23.0. The van der Waals surface area contributed by atoms with E-state index >= 15 is 0 Å². The highest BCUT2D eigenvalue weighted by Crippen LogP contribution is 2.30. The number of hydrogen-bond donors (Lipinski definition) is 1. The predicted molar refractivity (Wildman–Crippen MR) is 114 cm³/mol. The van der Waals surface area contributed by atoms with Crippen LogP contribution in [0.3, 0.4) is 0 Å². The largest absolute Gasteiger partial charge is 0.490 e. The summed E-state index contributed by atoms with van der Waals surface area (Å²) in [6.45, 7) is 0.930. The molecule has 2 aromatic rings. The number of nitro groups is 1. The summed E-state index contributed by atoms with van der Waals surface area (Å²) >= 11 is 0. The zero-order valence-electron chi connectivity index (χ0n) is 16.9. The molecule has 10 nitrogen and oxygen atoms in total. The molecule has 0 bridgehead atoms. The predicted octanol–water partition coefficient (Wildman–Crippen LogP) is 2.97. The topological polar surface area (TPSA) is 136 Å². The van der Waals surface area contributed by atoms with Gasteiger partial charge in [0.25, 0.3) is 10.0 Å². The van der Waals surface area contributed by atoms with Gasteiger partial charge in [0.15, 0.2) is 5.75 Å². The molecule has 1 heterocycles.